The van der Waals surface area contributed by atoms with Crippen LogP contribution < -0.4 is 21.0 Å². The third-order valence-corrected chi connectivity index (χ3v) is 12.6. The number of amides is 2. The number of aryl methyl sites for hydroxylation is 2. The maximum atomic E-state index is 13.2. The summed E-state index contributed by atoms with van der Waals surface area (Å²) in [4.78, 5) is 77.4. The number of primary amides is 1. The molecule has 3 aromatic heterocycles. The summed E-state index contributed by atoms with van der Waals surface area (Å²) in [6.45, 7) is 28.9. The normalized spacial score (nSPS) is 17.1. The van der Waals surface area contributed by atoms with Crippen LogP contribution in [0.2, 0.25) is 0 Å². The molecule has 0 saturated heterocycles. The van der Waals surface area contributed by atoms with Crippen LogP contribution in [0.1, 0.15) is 165 Å². The number of Topliss-reactive ketones (excluding diaryl/α,β-unsaturated/α-hetero) is 1. The van der Waals surface area contributed by atoms with Gasteiger partial charge in [0, 0.05) is 77.1 Å². The van der Waals surface area contributed by atoms with Gasteiger partial charge in [0.05, 0.1) is 13.5 Å². The van der Waals surface area contributed by atoms with E-state index >= 15 is 0 Å². The van der Waals surface area contributed by atoms with Crippen molar-refractivity contribution in [3.05, 3.63) is 68.8 Å². The van der Waals surface area contributed by atoms with Gasteiger partial charge in [0.15, 0.2) is 5.78 Å². The zero-order valence-corrected chi connectivity index (χ0v) is 40.0. The molecule has 2 aliphatic rings. The average molecular weight is 932 g/mol. The van der Waals surface area contributed by atoms with Crippen LogP contribution in [0, 0.1) is 13.8 Å². The molecule has 61 heavy (non-hydrogen) atoms. The summed E-state index contributed by atoms with van der Waals surface area (Å²) in [5, 5.41) is 3.05. The Morgan fingerprint density at radius 2 is 1.31 bits per heavy atom. The second-order valence-electron chi connectivity index (χ2n) is 15.9. The average Bonchev–Trinajstić information content (AvgIpc) is 3.91. The Balaban J connectivity index is 0.00000114. The Labute approximate surface area is 376 Å². The molecule has 13 nitrogen and oxygen atoms in total. The summed E-state index contributed by atoms with van der Waals surface area (Å²) in [6, 6.07) is 5.69. The van der Waals surface area contributed by atoms with E-state index in [4.69, 9.17) is 30.4 Å². The van der Waals surface area contributed by atoms with E-state index in [-0.39, 0.29) is 79.7 Å². The molecule has 3 N–H and O–H groups in total. The van der Waals surface area contributed by atoms with Gasteiger partial charge in [0.2, 0.25) is 11.8 Å². The molecule has 336 valence electrons. The van der Waals surface area contributed by atoms with Gasteiger partial charge in [-0.05, 0) is 71.9 Å². The molecule has 0 saturated carbocycles. The summed E-state index contributed by atoms with van der Waals surface area (Å²) in [5.41, 5.74) is 13.3. The Bertz CT molecular complexity index is 2180. The predicted octanol–water partition coefficient (Wildman–Crippen LogP) is 6.98. The van der Waals surface area contributed by atoms with Gasteiger partial charge in [-0.15, -0.1) is 22.1 Å². The fraction of sp³-hybridized carbons (Fsp3) is 0.574. The second-order valence-corrected chi connectivity index (χ2v) is 15.9. The standard InChI is InChI=1S/C41H55N7O5.C6H15N.Pd/c1-10-26-21(4)29-20-34-37(25(8)49)23(6)31(45-34)18-30-22(5)27(13-14-35(50)43-15-16-48(11-2)12-3)39(46-30)28(17-36(51)53-9)40-38(41(42)52)24(7)32(47-40)19-33(26)44-29;1-4-7(5-2)6-3;/h18-22,26-27H,10-17H2,1-9H3,(H5,42,43,44,45,46,47,49,50,52);4-6H2,1-3H3;/q;;+2/p-2/t21-,22+,26?,27?;;/m1../s1. The Kier molecular flexibility index (Phi) is 19.5. The molecule has 14 heteroatoms. The summed E-state index contributed by atoms with van der Waals surface area (Å²) in [5.74, 6) is -1.85. The second kappa shape index (κ2) is 23.3. The minimum Gasteiger partial charge on any atom is -0.657 e. The first kappa shape index (κ1) is 51.1. The molecule has 0 spiro atoms. The summed E-state index contributed by atoms with van der Waals surface area (Å²) >= 11 is 0. The zero-order chi connectivity index (χ0) is 44.4. The van der Waals surface area contributed by atoms with Crippen molar-refractivity contribution in [1.29, 1.82) is 0 Å². The number of nitrogens with zero attached hydrogens (tertiary/aromatic N) is 6. The van der Waals surface area contributed by atoms with E-state index in [1.54, 1.807) is 13.8 Å². The van der Waals surface area contributed by atoms with E-state index in [2.05, 4.69) is 63.6 Å². The molecule has 0 fully saturated rings. The van der Waals surface area contributed by atoms with Crippen molar-refractivity contribution in [3.8, 4) is 0 Å². The predicted molar refractivity (Wildman–Crippen MR) is 239 cm³/mol. The molecule has 2 unspecified atom stereocenters. The maximum Gasteiger partial charge on any atom is 2.00 e. The molecule has 5 rings (SSSR count). The fourth-order valence-electron chi connectivity index (χ4n) is 8.65. The van der Waals surface area contributed by atoms with Gasteiger partial charge in [0.25, 0.3) is 0 Å². The van der Waals surface area contributed by atoms with E-state index in [0.717, 1.165) is 43.0 Å². The Morgan fingerprint density at radius 3 is 1.85 bits per heavy atom. The SMILES string of the molecule is CCC1c2cc3[n-]c(c(CC(=O)OC)c4nc(cc5[n-]c(cc(n2)[C@@H]1C)c(C(C)=O)c5C)[C@@H](C)C4CCC(=O)NCCN(CC)CC)c(C(N)=O)c3C.CCN(CC)CC.[Pd+2]. The number of likely N-dealkylation sites (N-methyl/N-ethyl adjacent to an activating group) is 1. The van der Waals surface area contributed by atoms with Crippen LogP contribution in [-0.4, -0.2) is 96.3 Å². The Morgan fingerprint density at radius 1 is 0.770 bits per heavy atom. The Hall–Kier alpha value is -4.22. The molecule has 2 aliphatic heterocycles. The van der Waals surface area contributed by atoms with E-state index in [9.17, 15) is 19.2 Å². The molecular weight excluding hydrogens is 863 g/mol. The van der Waals surface area contributed by atoms with Crippen LogP contribution in [-0.2, 0) is 41.2 Å². The van der Waals surface area contributed by atoms with Crippen molar-refractivity contribution >= 4 is 45.6 Å². The summed E-state index contributed by atoms with van der Waals surface area (Å²) < 4.78 is 5.15. The van der Waals surface area contributed by atoms with Crippen LogP contribution in [0.15, 0.2) is 18.2 Å². The van der Waals surface area contributed by atoms with Crippen LogP contribution in [0.4, 0.5) is 0 Å². The zero-order valence-electron chi connectivity index (χ0n) is 38.4. The summed E-state index contributed by atoms with van der Waals surface area (Å²) in [7, 11) is 1.31. The van der Waals surface area contributed by atoms with Crippen molar-refractivity contribution in [1.82, 2.24) is 35.1 Å². The third kappa shape index (κ3) is 11.8. The number of fused-ring (bicyclic) bond motifs is 8. The van der Waals surface area contributed by atoms with E-state index in [1.165, 1.54) is 26.7 Å². The number of hydrogen-bond acceptors (Lipinski definition) is 9. The van der Waals surface area contributed by atoms with Gasteiger partial charge in [-0.3, -0.25) is 29.1 Å². The number of ketones is 1. The van der Waals surface area contributed by atoms with Crippen molar-refractivity contribution in [2.75, 3.05) is 52.9 Å². The van der Waals surface area contributed by atoms with Crippen molar-refractivity contribution in [3.63, 3.8) is 0 Å². The number of rotatable bonds is 16. The molecule has 2 amide bonds. The molecule has 4 atom stereocenters. The van der Waals surface area contributed by atoms with Crippen LogP contribution in [0.25, 0.3) is 22.1 Å². The molecule has 8 bridgehead atoms. The molecule has 0 aliphatic carbocycles. The smallest absolute Gasteiger partial charge is 0.657 e. The van der Waals surface area contributed by atoms with Gasteiger partial charge in [-0.1, -0.05) is 84.7 Å². The van der Waals surface area contributed by atoms with Crippen LogP contribution in [0.3, 0.4) is 0 Å². The molecule has 0 radical (unpaired) electrons. The van der Waals surface area contributed by atoms with Gasteiger partial charge in [-0.2, -0.15) is 0 Å². The van der Waals surface area contributed by atoms with Crippen LogP contribution >= 0.6 is 0 Å². The van der Waals surface area contributed by atoms with E-state index in [1.807, 2.05) is 32.0 Å². The summed E-state index contributed by atoms with van der Waals surface area (Å²) in [6.07, 6.45) is 1.22. The third-order valence-electron chi connectivity index (χ3n) is 12.6. The topological polar surface area (TPSA) is 176 Å². The number of methoxy groups -OCH3 is 1. The van der Waals surface area contributed by atoms with E-state index in [0.29, 0.717) is 57.6 Å². The van der Waals surface area contributed by atoms with E-state index < -0.39 is 11.9 Å². The molecule has 5 heterocycles. The number of ether oxygens (including phenoxy) is 1. The first-order chi connectivity index (χ1) is 28.6. The van der Waals surface area contributed by atoms with Crippen molar-refractivity contribution in [2.45, 2.75) is 126 Å². The molecule has 3 aromatic rings. The van der Waals surface area contributed by atoms with Gasteiger partial charge in [0.1, 0.15) is 0 Å². The minimum atomic E-state index is -0.675. The van der Waals surface area contributed by atoms with Crippen LogP contribution in [0.5, 0.6) is 0 Å². The quantitative estimate of drug-likeness (QED) is 0.0862. The molecular formula is C47H68N8O5Pd. The van der Waals surface area contributed by atoms with Crippen molar-refractivity contribution < 1.29 is 44.3 Å². The number of carbonyl (C=O) groups excluding carboxylic acids is 4. The number of aromatic nitrogens is 4. The fourth-order valence-corrected chi connectivity index (χ4v) is 8.65. The number of esters is 1. The monoisotopic (exact) mass is 930 g/mol. The van der Waals surface area contributed by atoms with Gasteiger partial charge >= 0.3 is 26.4 Å². The maximum absolute atomic E-state index is 13.2. The minimum absolute atomic E-state index is 0. The number of nitrogens with one attached hydrogen (secondary N) is 1. The number of carbonyl (C=O) groups is 4. The first-order valence-electron chi connectivity index (χ1n) is 21.8. The molecule has 0 aromatic carbocycles. The number of hydrogen-bond donors (Lipinski definition) is 2. The number of nitrogens with two attached hydrogens (primary N) is 1. The van der Waals surface area contributed by atoms with Gasteiger partial charge < -0.3 is 35.6 Å². The van der Waals surface area contributed by atoms with Crippen molar-refractivity contribution in [2.24, 2.45) is 5.73 Å². The largest absolute Gasteiger partial charge is 2.00 e. The first-order valence-corrected chi connectivity index (χ1v) is 21.8. The van der Waals surface area contributed by atoms with Gasteiger partial charge in [-0.25, -0.2) is 0 Å².